The Balaban J connectivity index is 2.12. The SMILES string of the molecule is CCCNC1CCOc2ccc(CCOC)cc21. The van der Waals surface area contributed by atoms with Gasteiger partial charge in [0.25, 0.3) is 0 Å². The predicted molar refractivity (Wildman–Crippen MR) is 73.2 cm³/mol. The molecule has 1 unspecified atom stereocenters. The van der Waals surface area contributed by atoms with Crippen molar-refractivity contribution in [3.63, 3.8) is 0 Å². The molecule has 1 aliphatic rings. The first kappa shape index (κ1) is 13.4. The molecule has 1 aliphatic heterocycles. The maximum atomic E-state index is 5.72. The molecule has 1 N–H and O–H groups in total. The smallest absolute Gasteiger partial charge is 0.124 e. The molecule has 0 aromatic heterocycles. The zero-order valence-corrected chi connectivity index (χ0v) is 11.4. The van der Waals surface area contributed by atoms with Crippen LogP contribution < -0.4 is 10.1 Å². The van der Waals surface area contributed by atoms with Crippen LogP contribution in [0.1, 0.15) is 36.9 Å². The van der Waals surface area contributed by atoms with Gasteiger partial charge in [0.15, 0.2) is 0 Å². The van der Waals surface area contributed by atoms with Crippen LogP contribution in [-0.2, 0) is 11.2 Å². The third-order valence-corrected chi connectivity index (χ3v) is 3.35. The van der Waals surface area contributed by atoms with Gasteiger partial charge in [0.05, 0.1) is 13.2 Å². The van der Waals surface area contributed by atoms with Gasteiger partial charge in [-0.1, -0.05) is 19.1 Å². The van der Waals surface area contributed by atoms with Crippen LogP contribution in [0, 0.1) is 0 Å². The van der Waals surface area contributed by atoms with E-state index in [-0.39, 0.29) is 0 Å². The molecule has 0 saturated heterocycles. The van der Waals surface area contributed by atoms with Crippen LogP contribution in [-0.4, -0.2) is 26.9 Å². The number of fused-ring (bicyclic) bond motifs is 1. The van der Waals surface area contributed by atoms with E-state index in [9.17, 15) is 0 Å². The van der Waals surface area contributed by atoms with Crippen LogP contribution in [0.25, 0.3) is 0 Å². The number of benzene rings is 1. The second-order valence-corrected chi connectivity index (χ2v) is 4.76. The van der Waals surface area contributed by atoms with Crippen LogP contribution in [0.5, 0.6) is 5.75 Å². The second kappa shape index (κ2) is 6.76. The minimum atomic E-state index is 0.441. The lowest BCUT2D eigenvalue weighted by atomic mass is 9.97. The monoisotopic (exact) mass is 249 g/mol. The number of nitrogens with one attached hydrogen (secondary N) is 1. The van der Waals surface area contributed by atoms with E-state index in [2.05, 4.69) is 30.4 Å². The van der Waals surface area contributed by atoms with Crippen molar-refractivity contribution in [1.82, 2.24) is 5.32 Å². The number of hydrogen-bond donors (Lipinski definition) is 1. The standard InChI is InChI=1S/C15H23NO2/c1-3-8-16-14-7-10-18-15-5-4-12(6-9-17-2)11-13(14)15/h4-5,11,14,16H,3,6-10H2,1-2H3. The Labute approximate surface area is 109 Å². The van der Waals surface area contributed by atoms with Gasteiger partial charge in [-0.3, -0.25) is 0 Å². The van der Waals surface area contributed by atoms with Crippen molar-refractivity contribution in [1.29, 1.82) is 0 Å². The molecule has 0 bridgehead atoms. The first-order valence-corrected chi connectivity index (χ1v) is 6.83. The highest BCUT2D eigenvalue weighted by atomic mass is 16.5. The van der Waals surface area contributed by atoms with Crippen LogP contribution in [0.3, 0.4) is 0 Å². The molecule has 1 aromatic rings. The van der Waals surface area contributed by atoms with E-state index >= 15 is 0 Å². The molecule has 2 rings (SSSR count). The van der Waals surface area contributed by atoms with E-state index in [1.165, 1.54) is 11.1 Å². The molecular formula is C15H23NO2. The van der Waals surface area contributed by atoms with Crippen molar-refractivity contribution < 1.29 is 9.47 Å². The minimum absolute atomic E-state index is 0.441. The third-order valence-electron chi connectivity index (χ3n) is 3.35. The fraction of sp³-hybridized carbons (Fsp3) is 0.600. The van der Waals surface area contributed by atoms with Crippen molar-refractivity contribution in [3.05, 3.63) is 29.3 Å². The highest BCUT2D eigenvalue weighted by Crippen LogP contribution is 2.32. The van der Waals surface area contributed by atoms with Gasteiger partial charge in [-0.25, -0.2) is 0 Å². The number of hydrogen-bond acceptors (Lipinski definition) is 3. The fourth-order valence-electron chi connectivity index (χ4n) is 2.35. The van der Waals surface area contributed by atoms with Crippen LogP contribution in [0.2, 0.25) is 0 Å². The van der Waals surface area contributed by atoms with Gasteiger partial charge in [0, 0.05) is 25.1 Å². The van der Waals surface area contributed by atoms with Crippen molar-refractivity contribution in [2.24, 2.45) is 0 Å². The van der Waals surface area contributed by atoms with E-state index in [1.807, 2.05) is 0 Å². The molecule has 3 nitrogen and oxygen atoms in total. The average molecular weight is 249 g/mol. The Bertz CT molecular complexity index is 379. The Morgan fingerprint density at radius 1 is 1.44 bits per heavy atom. The van der Waals surface area contributed by atoms with Crippen molar-refractivity contribution in [3.8, 4) is 5.75 Å². The first-order valence-electron chi connectivity index (χ1n) is 6.83. The van der Waals surface area contributed by atoms with E-state index in [0.717, 1.165) is 44.8 Å². The molecule has 0 aliphatic carbocycles. The van der Waals surface area contributed by atoms with Crippen LogP contribution in [0.15, 0.2) is 18.2 Å². The van der Waals surface area contributed by atoms with Gasteiger partial charge >= 0.3 is 0 Å². The van der Waals surface area contributed by atoms with Crippen molar-refractivity contribution in [2.75, 3.05) is 26.9 Å². The topological polar surface area (TPSA) is 30.5 Å². The van der Waals surface area contributed by atoms with E-state index in [0.29, 0.717) is 6.04 Å². The van der Waals surface area contributed by atoms with Crippen molar-refractivity contribution >= 4 is 0 Å². The summed E-state index contributed by atoms with van der Waals surface area (Å²) < 4.78 is 10.9. The summed E-state index contributed by atoms with van der Waals surface area (Å²) in [4.78, 5) is 0. The van der Waals surface area contributed by atoms with Crippen LogP contribution >= 0.6 is 0 Å². The lowest BCUT2D eigenvalue weighted by Crippen LogP contribution is -2.27. The Kier molecular flexibility index (Phi) is 5.02. The molecule has 3 heteroatoms. The van der Waals surface area contributed by atoms with Crippen molar-refractivity contribution in [2.45, 2.75) is 32.2 Å². The number of methoxy groups -OCH3 is 1. The zero-order valence-electron chi connectivity index (χ0n) is 11.4. The molecule has 1 aromatic carbocycles. The molecule has 18 heavy (non-hydrogen) atoms. The van der Waals surface area contributed by atoms with Crippen LogP contribution in [0.4, 0.5) is 0 Å². The summed E-state index contributed by atoms with van der Waals surface area (Å²) >= 11 is 0. The molecule has 0 radical (unpaired) electrons. The molecular weight excluding hydrogens is 226 g/mol. The highest BCUT2D eigenvalue weighted by molar-refractivity contribution is 5.41. The maximum absolute atomic E-state index is 5.72. The van der Waals surface area contributed by atoms with Gasteiger partial charge in [0.2, 0.25) is 0 Å². The van der Waals surface area contributed by atoms with E-state index in [1.54, 1.807) is 7.11 Å². The molecule has 100 valence electrons. The summed E-state index contributed by atoms with van der Waals surface area (Å²) in [5.74, 6) is 1.04. The van der Waals surface area contributed by atoms with E-state index < -0.39 is 0 Å². The van der Waals surface area contributed by atoms with E-state index in [4.69, 9.17) is 9.47 Å². The first-order chi connectivity index (χ1) is 8.85. The third kappa shape index (κ3) is 3.24. The maximum Gasteiger partial charge on any atom is 0.124 e. The predicted octanol–water partition coefficient (Wildman–Crippen LogP) is 2.70. The highest BCUT2D eigenvalue weighted by Gasteiger charge is 2.20. The van der Waals surface area contributed by atoms with Gasteiger partial charge < -0.3 is 14.8 Å². The summed E-state index contributed by atoms with van der Waals surface area (Å²) in [5, 5.41) is 3.60. The quantitative estimate of drug-likeness (QED) is 0.841. The normalized spacial score (nSPS) is 18.2. The van der Waals surface area contributed by atoms with Gasteiger partial charge in [-0.15, -0.1) is 0 Å². The minimum Gasteiger partial charge on any atom is -0.493 e. The largest absolute Gasteiger partial charge is 0.493 e. The lowest BCUT2D eigenvalue weighted by molar-refractivity contribution is 0.202. The summed E-state index contributed by atoms with van der Waals surface area (Å²) in [6, 6.07) is 6.94. The lowest BCUT2D eigenvalue weighted by Gasteiger charge is -2.27. The van der Waals surface area contributed by atoms with Gasteiger partial charge in [-0.2, -0.15) is 0 Å². The van der Waals surface area contributed by atoms with Gasteiger partial charge in [0.1, 0.15) is 5.75 Å². The molecule has 0 fully saturated rings. The Hall–Kier alpha value is -1.06. The second-order valence-electron chi connectivity index (χ2n) is 4.76. The zero-order chi connectivity index (χ0) is 12.8. The summed E-state index contributed by atoms with van der Waals surface area (Å²) in [6.07, 6.45) is 3.18. The number of ether oxygens (including phenoxy) is 2. The molecule has 1 atom stereocenters. The molecule has 0 spiro atoms. The average Bonchev–Trinajstić information content (AvgIpc) is 2.42. The summed E-state index contributed by atoms with van der Waals surface area (Å²) in [6.45, 7) is 4.84. The number of rotatable bonds is 6. The molecule has 1 heterocycles. The summed E-state index contributed by atoms with van der Waals surface area (Å²) in [5.41, 5.74) is 2.63. The van der Waals surface area contributed by atoms with Gasteiger partial charge in [-0.05, 0) is 31.0 Å². The molecule has 0 saturated carbocycles. The Morgan fingerprint density at radius 2 is 2.33 bits per heavy atom. The Morgan fingerprint density at radius 3 is 3.11 bits per heavy atom. The fourth-order valence-corrected chi connectivity index (χ4v) is 2.35. The summed E-state index contributed by atoms with van der Waals surface area (Å²) in [7, 11) is 1.74. The molecule has 0 amide bonds.